The van der Waals surface area contributed by atoms with Crippen LogP contribution < -0.4 is 0 Å². The van der Waals surface area contributed by atoms with E-state index in [2.05, 4.69) is 19.9 Å². The lowest BCUT2D eigenvalue weighted by atomic mass is 9.94. The molecule has 0 radical (unpaired) electrons. The summed E-state index contributed by atoms with van der Waals surface area (Å²) in [6.07, 6.45) is 0.116. The zero-order valence-electron chi connectivity index (χ0n) is 11.1. The van der Waals surface area contributed by atoms with Crippen molar-refractivity contribution in [2.45, 2.75) is 39.0 Å². The van der Waals surface area contributed by atoms with Gasteiger partial charge in [0.2, 0.25) is 0 Å². The van der Waals surface area contributed by atoms with Crippen LogP contribution in [0.4, 0.5) is 0 Å². The summed E-state index contributed by atoms with van der Waals surface area (Å²) in [6.45, 7) is 6.35. The van der Waals surface area contributed by atoms with E-state index < -0.39 is 5.92 Å². The average molecular weight is 245 g/mol. The number of carbonyl (C=O) groups excluding carboxylic acids is 1. The highest BCUT2D eigenvalue weighted by Crippen LogP contribution is 2.22. The molecule has 0 aliphatic carbocycles. The van der Waals surface area contributed by atoms with Gasteiger partial charge in [0.05, 0.1) is 25.0 Å². The Labute approximate surface area is 108 Å². The highest BCUT2D eigenvalue weighted by Gasteiger charge is 2.16. The first-order chi connectivity index (χ1) is 8.58. The van der Waals surface area contributed by atoms with Crippen LogP contribution in [0.25, 0.3) is 0 Å². The predicted molar refractivity (Wildman–Crippen MR) is 70.1 cm³/mol. The number of nitrogens with zero attached hydrogens (tertiary/aromatic N) is 1. The van der Waals surface area contributed by atoms with Gasteiger partial charge in [0.15, 0.2) is 0 Å². The molecule has 1 atom stereocenters. The summed E-state index contributed by atoms with van der Waals surface area (Å²) in [5.41, 5.74) is 2.10. The lowest BCUT2D eigenvalue weighted by molar-refractivity contribution is -0.143. The number of hydrogen-bond donors (Lipinski definition) is 0. The van der Waals surface area contributed by atoms with Gasteiger partial charge in [-0.2, -0.15) is 5.26 Å². The Balaban J connectivity index is 2.77. The molecule has 0 aromatic heterocycles. The summed E-state index contributed by atoms with van der Waals surface area (Å²) >= 11 is 0. The van der Waals surface area contributed by atoms with Gasteiger partial charge in [0, 0.05) is 0 Å². The van der Waals surface area contributed by atoms with Crippen molar-refractivity contribution in [1.82, 2.24) is 0 Å². The molecule has 0 fully saturated rings. The van der Waals surface area contributed by atoms with E-state index >= 15 is 0 Å². The van der Waals surface area contributed by atoms with Crippen molar-refractivity contribution < 1.29 is 9.53 Å². The van der Waals surface area contributed by atoms with Gasteiger partial charge in [0.1, 0.15) is 0 Å². The molecule has 0 saturated heterocycles. The molecular formula is C15H19NO2. The van der Waals surface area contributed by atoms with Crippen LogP contribution >= 0.6 is 0 Å². The molecule has 96 valence electrons. The zero-order chi connectivity index (χ0) is 13.5. The molecule has 1 unspecified atom stereocenters. The number of hydrogen-bond acceptors (Lipinski definition) is 3. The van der Waals surface area contributed by atoms with Crippen LogP contribution in [-0.4, -0.2) is 12.6 Å². The van der Waals surface area contributed by atoms with Gasteiger partial charge in [-0.1, -0.05) is 38.1 Å². The highest BCUT2D eigenvalue weighted by molar-refractivity contribution is 5.71. The van der Waals surface area contributed by atoms with Crippen LogP contribution in [0.15, 0.2) is 24.3 Å². The van der Waals surface area contributed by atoms with E-state index in [1.54, 1.807) is 6.92 Å². The normalized spacial score (nSPS) is 11.9. The van der Waals surface area contributed by atoms with Gasteiger partial charge in [-0.15, -0.1) is 0 Å². The number of rotatable bonds is 5. The molecule has 3 nitrogen and oxygen atoms in total. The number of nitriles is 1. The summed E-state index contributed by atoms with van der Waals surface area (Å²) in [5, 5.41) is 9.12. The van der Waals surface area contributed by atoms with Crippen LogP contribution in [0.1, 0.15) is 50.2 Å². The number of esters is 1. The van der Waals surface area contributed by atoms with Crippen molar-refractivity contribution in [3.05, 3.63) is 35.4 Å². The van der Waals surface area contributed by atoms with Gasteiger partial charge < -0.3 is 4.74 Å². The Kier molecular flexibility index (Phi) is 5.38. The molecule has 0 amide bonds. The minimum absolute atomic E-state index is 0.116. The van der Waals surface area contributed by atoms with Crippen LogP contribution in [0, 0.1) is 11.3 Å². The molecule has 0 spiro atoms. The van der Waals surface area contributed by atoms with E-state index in [4.69, 9.17) is 10.00 Å². The first kappa shape index (κ1) is 14.2. The second kappa shape index (κ2) is 6.80. The molecule has 1 rings (SSSR count). The smallest absolute Gasteiger partial charge is 0.307 e. The molecule has 1 aromatic carbocycles. The quantitative estimate of drug-likeness (QED) is 0.747. The minimum atomic E-state index is -0.426. The maximum Gasteiger partial charge on any atom is 0.307 e. The predicted octanol–water partition coefficient (Wildman–Crippen LogP) is 3.37. The third-order valence-corrected chi connectivity index (χ3v) is 2.84. The van der Waals surface area contributed by atoms with Crippen LogP contribution in [0.5, 0.6) is 0 Å². The maximum absolute atomic E-state index is 11.4. The lowest BCUT2D eigenvalue weighted by Gasteiger charge is -2.11. The summed E-state index contributed by atoms with van der Waals surface area (Å²) in [4.78, 5) is 11.4. The molecule has 18 heavy (non-hydrogen) atoms. The number of benzene rings is 1. The van der Waals surface area contributed by atoms with Crippen LogP contribution in [-0.2, 0) is 9.53 Å². The molecule has 0 bridgehead atoms. The van der Waals surface area contributed by atoms with Crippen molar-refractivity contribution in [1.29, 1.82) is 5.26 Å². The molecule has 0 N–H and O–H groups in total. The fraction of sp³-hybridized carbons (Fsp3) is 0.467. The number of ether oxygens (including phenoxy) is 1. The molecule has 0 heterocycles. The second-order valence-corrected chi connectivity index (χ2v) is 4.51. The summed E-state index contributed by atoms with van der Waals surface area (Å²) in [5.74, 6) is -0.285. The average Bonchev–Trinajstić information content (AvgIpc) is 2.36. The SMILES string of the molecule is CCOC(=O)CC(C#N)c1ccc(C(C)C)cc1. The minimum Gasteiger partial charge on any atom is -0.466 e. The van der Waals surface area contributed by atoms with Gasteiger partial charge in [-0.25, -0.2) is 0 Å². The van der Waals surface area contributed by atoms with E-state index in [9.17, 15) is 4.79 Å². The molecular weight excluding hydrogens is 226 g/mol. The largest absolute Gasteiger partial charge is 0.466 e. The third kappa shape index (κ3) is 3.89. The van der Waals surface area contributed by atoms with Crippen LogP contribution in [0.3, 0.4) is 0 Å². The molecule has 3 heteroatoms. The first-order valence-electron chi connectivity index (χ1n) is 6.23. The van der Waals surface area contributed by atoms with Crippen LogP contribution in [0.2, 0.25) is 0 Å². The molecule has 1 aromatic rings. The monoisotopic (exact) mass is 245 g/mol. The van der Waals surface area contributed by atoms with Crippen molar-refractivity contribution in [3.8, 4) is 6.07 Å². The summed E-state index contributed by atoms with van der Waals surface area (Å²) in [7, 11) is 0. The third-order valence-electron chi connectivity index (χ3n) is 2.84. The van der Waals surface area contributed by atoms with E-state index in [1.807, 2.05) is 24.3 Å². The van der Waals surface area contributed by atoms with Gasteiger partial charge in [0.25, 0.3) is 0 Å². The molecule has 0 aliphatic rings. The van der Waals surface area contributed by atoms with Crippen molar-refractivity contribution in [3.63, 3.8) is 0 Å². The van der Waals surface area contributed by atoms with Gasteiger partial charge in [-0.3, -0.25) is 4.79 Å². The Hall–Kier alpha value is -1.82. The van der Waals surface area contributed by atoms with E-state index in [0.717, 1.165) is 5.56 Å². The second-order valence-electron chi connectivity index (χ2n) is 4.51. The summed E-state index contributed by atoms with van der Waals surface area (Å²) in [6, 6.07) is 10.0. The van der Waals surface area contributed by atoms with E-state index in [-0.39, 0.29) is 12.4 Å². The van der Waals surface area contributed by atoms with Crippen molar-refractivity contribution in [2.75, 3.05) is 6.61 Å². The molecule has 0 aliphatic heterocycles. The lowest BCUT2D eigenvalue weighted by Crippen LogP contribution is -2.09. The van der Waals surface area contributed by atoms with E-state index in [1.165, 1.54) is 5.56 Å². The Morgan fingerprint density at radius 2 is 1.83 bits per heavy atom. The molecule has 0 saturated carbocycles. The highest BCUT2D eigenvalue weighted by atomic mass is 16.5. The van der Waals surface area contributed by atoms with Gasteiger partial charge in [-0.05, 0) is 24.0 Å². The first-order valence-corrected chi connectivity index (χ1v) is 6.23. The van der Waals surface area contributed by atoms with Crippen molar-refractivity contribution >= 4 is 5.97 Å². The topological polar surface area (TPSA) is 50.1 Å². The Morgan fingerprint density at radius 3 is 2.28 bits per heavy atom. The Bertz CT molecular complexity index is 429. The fourth-order valence-corrected chi connectivity index (χ4v) is 1.74. The maximum atomic E-state index is 11.4. The number of carbonyl (C=O) groups is 1. The standard InChI is InChI=1S/C15H19NO2/c1-4-18-15(17)9-14(10-16)13-7-5-12(6-8-13)11(2)3/h5-8,11,14H,4,9H2,1-3H3. The van der Waals surface area contributed by atoms with Crippen molar-refractivity contribution in [2.24, 2.45) is 0 Å². The van der Waals surface area contributed by atoms with Gasteiger partial charge >= 0.3 is 5.97 Å². The zero-order valence-corrected chi connectivity index (χ0v) is 11.1. The van der Waals surface area contributed by atoms with E-state index in [0.29, 0.717) is 12.5 Å². The Morgan fingerprint density at radius 1 is 1.28 bits per heavy atom. The fourth-order valence-electron chi connectivity index (χ4n) is 1.74. The summed E-state index contributed by atoms with van der Waals surface area (Å²) < 4.78 is 4.87.